The number of benzene rings is 1. The van der Waals surface area contributed by atoms with E-state index in [4.69, 9.17) is 21.1 Å². The number of esters is 1. The van der Waals surface area contributed by atoms with Crippen LogP contribution in [0.5, 0.6) is 0 Å². The molecule has 0 N–H and O–H groups in total. The van der Waals surface area contributed by atoms with Gasteiger partial charge in [-0.05, 0) is 45.0 Å². The van der Waals surface area contributed by atoms with E-state index in [0.717, 1.165) is 11.1 Å². The topological polar surface area (TPSA) is 72.0 Å². The van der Waals surface area contributed by atoms with Gasteiger partial charge in [0.2, 0.25) is 0 Å². The van der Waals surface area contributed by atoms with Gasteiger partial charge in [0, 0.05) is 42.3 Å². The summed E-state index contributed by atoms with van der Waals surface area (Å²) in [6, 6.07) is 7.07. The lowest BCUT2D eigenvalue weighted by Crippen LogP contribution is -2.50. The Hall–Kier alpha value is -2.54. The van der Waals surface area contributed by atoms with Crippen LogP contribution in [-0.4, -0.2) is 60.8 Å². The Bertz CT molecular complexity index is 902. The zero-order chi connectivity index (χ0) is 20.5. The SMILES string of the molecule is COC(=O)c1cc(N2CCN(C(=O)OC(C)(C)C)CC2)c2cc(Cl)ccc2n1. The predicted octanol–water partition coefficient (Wildman–Crippen LogP) is 3.73. The van der Waals surface area contributed by atoms with E-state index in [2.05, 4.69) is 9.88 Å². The Morgan fingerprint density at radius 1 is 1.11 bits per heavy atom. The highest BCUT2D eigenvalue weighted by atomic mass is 35.5. The van der Waals surface area contributed by atoms with Gasteiger partial charge in [-0.2, -0.15) is 0 Å². The van der Waals surface area contributed by atoms with Crippen molar-refractivity contribution < 1.29 is 19.1 Å². The van der Waals surface area contributed by atoms with E-state index in [9.17, 15) is 9.59 Å². The number of aromatic nitrogens is 1. The summed E-state index contributed by atoms with van der Waals surface area (Å²) in [5, 5.41) is 1.44. The summed E-state index contributed by atoms with van der Waals surface area (Å²) in [4.78, 5) is 32.5. The fourth-order valence-corrected chi connectivity index (χ4v) is 3.28. The molecular weight excluding hydrogens is 382 g/mol. The molecule has 1 amide bonds. The van der Waals surface area contributed by atoms with E-state index >= 15 is 0 Å². The number of carbonyl (C=O) groups excluding carboxylic acids is 2. The Balaban J connectivity index is 1.86. The fourth-order valence-electron chi connectivity index (χ4n) is 3.11. The van der Waals surface area contributed by atoms with E-state index in [1.54, 1.807) is 23.1 Å². The minimum Gasteiger partial charge on any atom is -0.464 e. The lowest BCUT2D eigenvalue weighted by molar-refractivity contribution is 0.0240. The maximum absolute atomic E-state index is 12.3. The van der Waals surface area contributed by atoms with Crippen LogP contribution in [0.1, 0.15) is 31.3 Å². The zero-order valence-electron chi connectivity index (χ0n) is 16.5. The average molecular weight is 406 g/mol. The van der Waals surface area contributed by atoms with E-state index in [0.29, 0.717) is 36.7 Å². The molecule has 0 unspecified atom stereocenters. The van der Waals surface area contributed by atoms with Crippen LogP contribution in [0.3, 0.4) is 0 Å². The number of fused-ring (bicyclic) bond motifs is 1. The summed E-state index contributed by atoms with van der Waals surface area (Å²) in [5.74, 6) is -0.495. The van der Waals surface area contributed by atoms with Crippen LogP contribution < -0.4 is 4.90 Å². The van der Waals surface area contributed by atoms with Gasteiger partial charge < -0.3 is 19.3 Å². The fraction of sp³-hybridized carbons (Fsp3) is 0.450. The third kappa shape index (κ3) is 4.47. The van der Waals surface area contributed by atoms with Gasteiger partial charge in [-0.25, -0.2) is 14.6 Å². The first-order valence-corrected chi connectivity index (χ1v) is 9.47. The quantitative estimate of drug-likeness (QED) is 0.709. The molecular formula is C20H24ClN3O4. The summed E-state index contributed by atoms with van der Waals surface area (Å²) in [6.07, 6.45) is -0.315. The molecule has 28 heavy (non-hydrogen) atoms. The molecule has 8 heteroatoms. The minimum atomic E-state index is -0.526. The van der Waals surface area contributed by atoms with Crippen molar-refractivity contribution in [2.45, 2.75) is 26.4 Å². The Morgan fingerprint density at radius 2 is 1.79 bits per heavy atom. The van der Waals surface area contributed by atoms with Crippen molar-refractivity contribution in [3.05, 3.63) is 35.0 Å². The van der Waals surface area contributed by atoms with Crippen molar-refractivity contribution in [1.29, 1.82) is 0 Å². The number of carbonyl (C=O) groups is 2. The number of hydrogen-bond acceptors (Lipinski definition) is 6. The number of pyridine rings is 1. The highest BCUT2D eigenvalue weighted by Crippen LogP contribution is 2.30. The van der Waals surface area contributed by atoms with Gasteiger partial charge in [0.25, 0.3) is 0 Å². The number of ether oxygens (including phenoxy) is 2. The summed E-state index contributed by atoms with van der Waals surface area (Å²) in [7, 11) is 1.33. The van der Waals surface area contributed by atoms with Crippen LogP contribution in [0.25, 0.3) is 10.9 Å². The number of nitrogens with zero attached hydrogens (tertiary/aromatic N) is 3. The Labute approximate surface area is 169 Å². The zero-order valence-corrected chi connectivity index (χ0v) is 17.2. The second-order valence-electron chi connectivity index (χ2n) is 7.63. The van der Waals surface area contributed by atoms with E-state index < -0.39 is 11.6 Å². The lowest BCUT2D eigenvalue weighted by atomic mass is 10.1. The van der Waals surface area contributed by atoms with Crippen molar-refractivity contribution in [2.75, 3.05) is 38.2 Å². The summed E-state index contributed by atoms with van der Waals surface area (Å²) in [5.41, 5.74) is 1.22. The number of rotatable bonds is 2. The van der Waals surface area contributed by atoms with E-state index in [1.165, 1.54) is 7.11 Å². The number of methoxy groups -OCH3 is 1. The molecule has 0 saturated carbocycles. The highest BCUT2D eigenvalue weighted by molar-refractivity contribution is 6.31. The van der Waals surface area contributed by atoms with Crippen molar-refractivity contribution in [3.63, 3.8) is 0 Å². The number of amides is 1. The van der Waals surface area contributed by atoms with Gasteiger partial charge in [-0.1, -0.05) is 11.6 Å². The molecule has 1 aromatic heterocycles. The molecule has 0 bridgehead atoms. The van der Waals surface area contributed by atoms with Crippen molar-refractivity contribution in [1.82, 2.24) is 9.88 Å². The number of piperazine rings is 1. The monoisotopic (exact) mass is 405 g/mol. The molecule has 1 saturated heterocycles. The van der Waals surface area contributed by atoms with Gasteiger partial charge in [0.15, 0.2) is 5.69 Å². The lowest BCUT2D eigenvalue weighted by Gasteiger charge is -2.37. The molecule has 0 atom stereocenters. The third-order valence-electron chi connectivity index (χ3n) is 4.42. The van der Waals surface area contributed by atoms with Gasteiger partial charge in [-0.15, -0.1) is 0 Å². The Kier molecular flexibility index (Phi) is 5.65. The molecule has 1 fully saturated rings. The first kappa shape index (κ1) is 20.2. The van der Waals surface area contributed by atoms with Gasteiger partial charge in [0.1, 0.15) is 5.60 Å². The number of halogens is 1. The van der Waals surface area contributed by atoms with Crippen LogP contribution in [0.4, 0.5) is 10.5 Å². The molecule has 1 aromatic carbocycles. The van der Waals surface area contributed by atoms with Crippen LogP contribution in [0, 0.1) is 0 Å². The van der Waals surface area contributed by atoms with Crippen molar-refractivity contribution in [2.24, 2.45) is 0 Å². The van der Waals surface area contributed by atoms with Crippen molar-refractivity contribution >= 4 is 40.3 Å². The number of anilines is 1. The largest absolute Gasteiger partial charge is 0.464 e. The maximum atomic E-state index is 12.3. The molecule has 2 heterocycles. The molecule has 0 aliphatic carbocycles. The predicted molar refractivity (Wildman–Crippen MR) is 108 cm³/mol. The molecule has 3 rings (SSSR count). The average Bonchev–Trinajstić information content (AvgIpc) is 2.65. The first-order valence-electron chi connectivity index (χ1n) is 9.09. The molecule has 2 aromatic rings. The van der Waals surface area contributed by atoms with Crippen LogP contribution in [-0.2, 0) is 9.47 Å². The maximum Gasteiger partial charge on any atom is 0.410 e. The van der Waals surface area contributed by atoms with Crippen molar-refractivity contribution in [3.8, 4) is 0 Å². The molecule has 0 radical (unpaired) electrons. The number of hydrogen-bond donors (Lipinski definition) is 0. The molecule has 150 valence electrons. The molecule has 1 aliphatic rings. The van der Waals surface area contributed by atoms with Gasteiger partial charge in [-0.3, -0.25) is 0 Å². The summed E-state index contributed by atoms with van der Waals surface area (Å²) < 4.78 is 10.3. The standard InChI is InChI=1S/C20H24ClN3O4/c1-20(2,3)28-19(26)24-9-7-23(8-10-24)17-12-16(18(25)27-4)22-15-6-5-13(21)11-14(15)17/h5-6,11-12H,7-10H2,1-4H3. The second-order valence-corrected chi connectivity index (χ2v) is 8.07. The second kappa shape index (κ2) is 7.83. The third-order valence-corrected chi connectivity index (χ3v) is 4.65. The summed E-state index contributed by atoms with van der Waals surface area (Å²) in [6.45, 7) is 7.80. The van der Waals surface area contributed by atoms with Crippen LogP contribution in [0.15, 0.2) is 24.3 Å². The van der Waals surface area contributed by atoms with Gasteiger partial charge in [0.05, 0.1) is 12.6 Å². The Morgan fingerprint density at radius 3 is 2.39 bits per heavy atom. The summed E-state index contributed by atoms with van der Waals surface area (Å²) >= 11 is 6.18. The molecule has 1 aliphatic heterocycles. The van der Waals surface area contributed by atoms with E-state index in [1.807, 2.05) is 26.8 Å². The highest BCUT2D eigenvalue weighted by Gasteiger charge is 2.27. The first-order chi connectivity index (χ1) is 13.2. The minimum absolute atomic E-state index is 0.238. The smallest absolute Gasteiger partial charge is 0.410 e. The van der Waals surface area contributed by atoms with Gasteiger partial charge >= 0.3 is 12.1 Å². The van der Waals surface area contributed by atoms with Crippen LogP contribution >= 0.6 is 11.6 Å². The van der Waals surface area contributed by atoms with Crippen LogP contribution in [0.2, 0.25) is 5.02 Å². The normalized spacial score (nSPS) is 14.9. The molecule has 0 spiro atoms. The molecule has 7 nitrogen and oxygen atoms in total. The van der Waals surface area contributed by atoms with E-state index in [-0.39, 0.29) is 11.8 Å².